The number of thiol groups is 1. The monoisotopic (exact) mass is 388 g/mol. The highest BCUT2D eigenvalue weighted by Gasteiger charge is 2.78. The molecule has 0 aromatic heterocycles. The zero-order valence-electron chi connectivity index (χ0n) is 11.6. The number of esters is 1. The van der Waals surface area contributed by atoms with Crippen LogP contribution < -0.4 is 0 Å². The van der Waals surface area contributed by atoms with Crippen molar-refractivity contribution in [3.8, 4) is 0 Å². The van der Waals surface area contributed by atoms with Crippen LogP contribution in [0.4, 0.5) is 30.7 Å². The number of carbonyl (C=O) groups excluding carboxylic acids is 1. The van der Waals surface area contributed by atoms with Gasteiger partial charge in [-0.2, -0.15) is 30.7 Å². The van der Waals surface area contributed by atoms with E-state index in [9.17, 15) is 35.5 Å². The molecule has 0 radical (unpaired) electrons. The van der Waals surface area contributed by atoms with Gasteiger partial charge in [0, 0.05) is 0 Å². The van der Waals surface area contributed by atoms with E-state index in [1.54, 1.807) is 0 Å². The molecule has 140 valence electrons. The van der Waals surface area contributed by atoms with Gasteiger partial charge < -0.3 is 19.3 Å². The number of rotatable bonds is 6. The van der Waals surface area contributed by atoms with Gasteiger partial charge in [0.2, 0.25) is 0 Å². The molecule has 2 atom stereocenters. The van der Waals surface area contributed by atoms with Crippen molar-refractivity contribution in [2.45, 2.75) is 29.2 Å². The zero-order chi connectivity index (χ0) is 19.0. The molecule has 1 saturated heterocycles. The minimum Gasteiger partial charge on any atom is -0.450 e. The maximum Gasteiger partial charge on any atom is 0.449 e. The van der Waals surface area contributed by atoms with Gasteiger partial charge in [-0.15, -0.1) is 12.6 Å². The molecule has 0 spiro atoms. The van der Waals surface area contributed by atoms with Crippen LogP contribution in [-0.4, -0.2) is 60.1 Å². The van der Waals surface area contributed by atoms with Crippen LogP contribution in [-0.2, 0) is 19.0 Å². The van der Waals surface area contributed by atoms with Gasteiger partial charge in [0.25, 0.3) is 0 Å². The number of hydrogen-bond acceptors (Lipinski definition) is 6. The van der Waals surface area contributed by atoms with E-state index in [1.807, 2.05) is 0 Å². The Hall–Kier alpha value is -1.05. The Labute approximate surface area is 135 Å². The van der Waals surface area contributed by atoms with Crippen molar-refractivity contribution in [1.82, 2.24) is 0 Å². The van der Waals surface area contributed by atoms with Gasteiger partial charge in [0.1, 0.15) is 6.61 Å². The van der Waals surface area contributed by atoms with Crippen LogP contribution in [0.15, 0.2) is 12.2 Å². The fraction of sp³-hybridized carbons (Fsp3) is 0.727. The first-order valence-corrected chi connectivity index (χ1v) is 6.44. The van der Waals surface area contributed by atoms with Gasteiger partial charge in [-0.1, -0.05) is 6.58 Å². The Kier molecular flexibility index (Phi) is 5.85. The molecular formula is C11H11F7O5S. The minimum atomic E-state index is -5.85. The standard InChI is InChI=1S/C11H11F7O5S/c1-5(2-21-4-8(12,13)24)7(19)23-6-3-22-10(20,9(6,14)15)11(16,17)18/h6,20,24H,1-4H2. The first-order chi connectivity index (χ1) is 10.6. The van der Waals surface area contributed by atoms with Gasteiger partial charge in [-0.3, -0.25) is 0 Å². The van der Waals surface area contributed by atoms with Crippen molar-refractivity contribution in [2.75, 3.05) is 19.8 Å². The molecule has 5 nitrogen and oxygen atoms in total. The molecule has 1 fully saturated rings. The van der Waals surface area contributed by atoms with Crippen molar-refractivity contribution in [1.29, 1.82) is 0 Å². The molecule has 0 aliphatic carbocycles. The number of carbonyl (C=O) groups is 1. The average Bonchev–Trinajstić information content (AvgIpc) is 2.61. The van der Waals surface area contributed by atoms with E-state index in [1.165, 1.54) is 0 Å². The molecule has 24 heavy (non-hydrogen) atoms. The third-order valence-corrected chi connectivity index (χ3v) is 2.90. The predicted molar refractivity (Wildman–Crippen MR) is 65.7 cm³/mol. The van der Waals surface area contributed by atoms with E-state index in [4.69, 9.17) is 5.11 Å². The minimum absolute atomic E-state index is 0.717. The molecule has 1 heterocycles. The summed E-state index contributed by atoms with van der Waals surface area (Å²) in [6, 6.07) is 0. The third-order valence-electron chi connectivity index (χ3n) is 2.77. The van der Waals surface area contributed by atoms with E-state index in [0.29, 0.717) is 0 Å². The highest BCUT2D eigenvalue weighted by Crippen LogP contribution is 2.49. The Morgan fingerprint density at radius 1 is 1.33 bits per heavy atom. The quantitative estimate of drug-likeness (QED) is 0.315. The maximum atomic E-state index is 13.6. The summed E-state index contributed by atoms with van der Waals surface area (Å²) in [7, 11) is 0. The molecule has 0 amide bonds. The highest BCUT2D eigenvalue weighted by atomic mass is 32.1. The van der Waals surface area contributed by atoms with E-state index < -0.39 is 60.6 Å². The van der Waals surface area contributed by atoms with Crippen LogP contribution in [0.3, 0.4) is 0 Å². The van der Waals surface area contributed by atoms with Crippen LogP contribution in [0.5, 0.6) is 0 Å². The molecule has 2 unspecified atom stereocenters. The van der Waals surface area contributed by atoms with Gasteiger partial charge in [0.15, 0.2) is 6.10 Å². The molecule has 0 saturated carbocycles. The SMILES string of the molecule is C=C(COCC(F)(F)S)C(=O)OC1COC(O)(C(F)(F)F)C1(F)F. The summed E-state index contributed by atoms with van der Waals surface area (Å²) in [5, 5.41) is 5.45. The molecule has 1 rings (SSSR count). The summed E-state index contributed by atoms with van der Waals surface area (Å²) in [5.74, 6) is -11.4. The van der Waals surface area contributed by atoms with Gasteiger partial charge in [0.05, 0.1) is 18.8 Å². The summed E-state index contributed by atoms with van der Waals surface area (Å²) >= 11 is 2.82. The smallest absolute Gasteiger partial charge is 0.449 e. The molecule has 0 aromatic rings. The van der Waals surface area contributed by atoms with E-state index in [0.717, 1.165) is 0 Å². The summed E-state index contributed by atoms with van der Waals surface area (Å²) in [4.78, 5) is 11.4. The molecule has 0 bridgehead atoms. The van der Waals surface area contributed by atoms with Crippen LogP contribution >= 0.6 is 12.6 Å². The lowest BCUT2D eigenvalue weighted by atomic mass is 10.1. The first-order valence-electron chi connectivity index (χ1n) is 5.99. The van der Waals surface area contributed by atoms with E-state index in [2.05, 4.69) is 33.4 Å². The van der Waals surface area contributed by atoms with Crippen LogP contribution in [0.25, 0.3) is 0 Å². The van der Waals surface area contributed by atoms with Crippen molar-refractivity contribution < 1.29 is 54.8 Å². The fourth-order valence-corrected chi connectivity index (χ4v) is 1.65. The van der Waals surface area contributed by atoms with Crippen LogP contribution in [0.2, 0.25) is 0 Å². The average molecular weight is 388 g/mol. The summed E-state index contributed by atoms with van der Waals surface area (Å²) in [5.41, 5.74) is -0.717. The highest BCUT2D eigenvalue weighted by molar-refractivity contribution is 7.81. The Morgan fingerprint density at radius 2 is 1.88 bits per heavy atom. The van der Waals surface area contributed by atoms with Crippen LogP contribution in [0.1, 0.15) is 0 Å². The number of aliphatic hydroxyl groups is 1. The van der Waals surface area contributed by atoms with Crippen molar-refractivity contribution in [3.63, 3.8) is 0 Å². The molecule has 1 aliphatic rings. The summed E-state index contributed by atoms with van der Waals surface area (Å²) in [6.45, 7) is -0.538. The largest absolute Gasteiger partial charge is 0.450 e. The lowest BCUT2D eigenvalue weighted by Gasteiger charge is -2.31. The van der Waals surface area contributed by atoms with Gasteiger partial charge in [-0.05, 0) is 0 Å². The Balaban J connectivity index is 2.67. The molecule has 1 N–H and O–H groups in total. The fourth-order valence-electron chi connectivity index (χ4n) is 1.56. The number of alkyl halides is 7. The summed E-state index contributed by atoms with van der Waals surface area (Å²) in [6.07, 6.45) is -8.62. The van der Waals surface area contributed by atoms with Gasteiger partial charge >= 0.3 is 29.1 Å². The second-order valence-electron chi connectivity index (χ2n) is 4.73. The van der Waals surface area contributed by atoms with E-state index >= 15 is 0 Å². The summed E-state index contributed by atoms with van der Waals surface area (Å²) < 4.78 is 101. The molecule has 1 aliphatic heterocycles. The molecular weight excluding hydrogens is 377 g/mol. The molecule has 0 aromatic carbocycles. The number of hydrogen-bond donors (Lipinski definition) is 2. The number of halogens is 7. The lowest BCUT2D eigenvalue weighted by molar-refractivity contribution is -0.405. The lowest BCUT2D eigenvalue weighted by Crippen LogP contribution is -2.59. The van der Waals surface area contributed by atoms with Crippen molar-refractivity contribution >= 4 is 18.6 Å². The Morgan fingerprint density at radius 3 is 2.29 bits per heavy atom. The van der Waals surface area contributed by atoms with E-state index in [-0.39, 0.29) is 0 Å². The Bertz CT molecular complexity index is 504. The third kappa shape index (κ3) is 4.32. The first kappa shape index (κ1) is 21.0. The normalized spacial score (nSPS) is 27.1. The maximum absolute atomic E-state index is 13.6. The number of ether oxygens (including phenoxy) is 3. The predicted octanol–water partition coefficient (Wildman–Crippen LogP) is 1.91. The van der Waals surface area contributed by atoms with Gasteiger partial charge in [-0.25, -0.2) is 4.79 Å². The molecule has 13 heteroatoms. The second-order valence-corrected chi connectivity index (χ2v) is 5.39. The zero-order valence-corrected chi connectivity index (χ0v) is 12.5. The van der Waals surface area contributed by atoms with Crippen molar-refractivity contribution in [3.05, 3.63) is 12.2 Å². The van der Waals surface area contributed by atoms with Crippen LogP contribution in [0, 0.1) is 0 Å². The van der Waals surface area contributed by atoms with Crippen molar-refractivity contribution in [2.24, 2.45) is 0 Å². The second kappa shape index (κ2) is 6.69. The topological polar surface area (TPSA) is 65.0 Å².